The summed E-state index contributed by atoms with van der Waals surface area (Å²) < 4.78 is 5.32. The molecule has 7 heteroatoms. The van der Waals surface area contributed by atoms with Crippen LogP contribution in [0, 0.1) is 0 Å². The number of piperidine rings is 1. The zero-order valence-electron chi connectivity index (χ0n) is 15.6. The molecule has 4 rings (SSSR count). The Bertz CT molecular complexity index is 933. The van der Waals surface area contributed by atoms with Gasteiger partial charge in [0.15, 0.2) is 18.2 Å². The molecule has 1 aromatic carbocycles. The molecule has 0 atom stereocenters. The van der Waals surface area contributed by atoms with E-state index in [4.69, 9.17) is 15.1 Å². The standard InChI is InChI=1S/C21H23N5O2/c22-20(18-10-7-11-23-21(18)26-12-5-2-6-13-26)25-27-15-17-14-19(24-28-17)16-8-3-1-4-9-16/h1,3-4,7-11,14H,2,5-6,12-13,15H2,(H2,22,25). The summed E-state index contributed by atoms with van der Waals surface area (Å²) in [5.74, 6) is 1.74. The van der Waals surface area contributed by atoms with E-state index in [-0.39, 0.29) is 6.61 Å². The molecule has 1 fully saturated rings. The van der Waals surface area contributed by atoms with Crippen LogP contribution in [0.3, 0.4) is 0 Å². The number of benzene rings is 1. The van der Waals surface area contributed by atoms with Crippen LogP contribution < -0.4 is 10.6 Å². The first-order chi connectivity index (χ1) is 13.8. The summed E-state index contributed by atoms with van der Waals surface area (Å²) >= 11 is 0. The number of amidine groups is 1. The van der Waals surface area contributed by atoms with Gasteiger partial charge in [0.2, 0.25) is 0 Å². The van der Waals surface area contributed by atoms with Gasteiger partial charge in [0.05, 0.1) is 5.56 Å². The van der Waals surface area contributed by atoms with E-state index < -0.39 is 0 Å². The number of hydrogen-bond donors (Lipinski definition) is 1. The van der Waals surface area contributed by atoms with E-state index in [2.05, 4.69) is 20.2 Å². The second kappa shape index (κ2) is 8.56. The predicted molar refractivity (Wildman–Crippen MR) is 108 cm³/mol. The van der Waals surface area contributed by atoms with Crippen molar-refractivity contribution in [3.05, 3.63) is 66.1 Å². The Morgan fingerprint density at radius 3 is 2.75 bits per heavy atom. The average molecular weight is 377 g/mol. The summed E-state index contributed by atoms with van der Waals surface area (Å²) in [7, 11) is 0. The van der Waals surface area contributed by atoms with Crippen LogP contribution in [0.4, 0.5) is 5.82 Å². The van der Waals surface area contributed by atoms with E-state index in [0.29, 0.717) is 11.6 Å². The average Bonchev–Trinajstić information content (AvgIpc) is 3.24. The molecule has 0 amide bonds. The van der Waals surface area contributed by atoms with Crippen LogP contribution in [-0.4, -0.2) is 29.1 Å². The fourth-order valence-corrected chi connectivity index (χ4v) is 3.30. The van der Waals surface area contributed by atoms with Crippen molar-refractivity contribution in [2.45, 2.75) is 25.9 Å². The number of oxime groups is 1. The molecule has 2 N–H and O–H groups in total. The molecular formula is C21H23N5O2. The molecule has 3 aromatic rings. The van der Waals surface area contributed by atoms with E-state index in [0.717, 1.165) is 35.7 Å². The maximum absolute atomic E-state index is 6.18. The van der Waals surface area contributed by atoms with Crippen LogP contribution in [0.5, 0.6) is 0 Å². The third-order valence-electron chi connectivity index (χ3n) is 4.72. The minimum atomic E-state index is 0.153. The fraction of sp³-hybridized carbons (Fsp3) is 0.286. The molecule has 0 aliphatic carbocycles. The summed E-state index contributed by atoms with van der Waals surface area (Å²) in [5.41, 5.74) is 8.71. The monoisotopic (exact) mass is 377 g/mol. The zero-order valence-corrected chi connectivity index (χ0v) is 15.6. The summed E-state index contributed by atoms with van der Waals surface area (Å²) in [5, 5.41) is 8.13. The van der Waals surface area contributed by atoms with Crippen molar-refractivity contribution >= 4 is 11.7 Å². The second-order valence-electron chi connectivity index (χ2n) is 6.72. The summed E-state index contributed by atoms with van der Waals surface area (Å²) in [6.45, 7) is 2.12. The third kappa shape index (κ3) is 4.14. The lowest BCUT2D eigenvalue weighted by atomic mass is 10.1. The molecule has 0 unspecified atom stereocenters. The van der Waals surface area contributed by atoms with Crippen molar-refractivity contribution in [1.29, 1.82) is 0 Å². The number of hydrogen-bond acceptors (Lipinski definition) is 6. The topological polar surface area (TPSA) is 89.8 Å². The molecule has 0 radical (unpaired) electrons. The molecule has 3 heterocycles. The number of aromatic nitrogens is 2. The number of pyridine rings is 1. The Balaban J connectivity index is 1.42. The molecule has 0 bridgehead atoms. The molecule has 7 nitrogen and oxygen atoms in total. The molecule has 1 saturated heterocycles. The smallest absolute Gasteiger partial charge is 0.177 e. The van der Waals surface area contributed by atoms with Gasteiger partial charge in [-0.1, -0.05) is 40.6 Å². The van der Waals surface area contributed by atoms with Gasteiger partial charge in [-0.15, -0.1) is 0 Å². The number of rotatable bonds is 6. The van der Waals surface area contributed by atoms with Crippen molar-refractivity contribution in [2.75, 3.05) is 18.0 Å². The van der Waals surface area contributed by atoms with E-state index in [1.54, 1.807) is 6.20 Å². The highest BCUT2D eigenvalue weighted by molar-refractivity contribution is 6.01. The van der Waals surface area contributed by atoms with E-state index in [9.17, 15) is 0 Å². The van der Waals surface area contributed by atoms with Gasteiger partial charge in [-0.2, -0.15) is 0 Å². The van der Waals surface area contributed by atoms with Crippen molar-refractivity contribution < 1.29 is 9.36 Å². The van der Waals surface area contributed by atoms with Gasteiger partial charge >= 0.3 is 0 Å². The highest BCUT2D eigenvalue weighted by Gasteiger charge is 2.17. The second-order valence-corrected chi connectivity index (χ2v) is 6.72. The number of nitrogens with two attached hydrogens (primary N) is 1. The van der Waals surface area contributed by atoms with Crippen LogP contribution in [0.2, 0.25) is 0 Å². The number of anilines is 1. The van der Waals surface area contributed by atoms with Crippen LogP contribution in [0.15, 0.2) is 64.4 Å². The van der Waals surface area contributed by atoms with Gasteiger partial charge in [0.1, 0.15) is 11.5 Å². The molecule has 1 aliphatic rings. The number of nitrogens with zero attached hydrogens (tertiary/aromatic N) is 4. The predicted octanol–water partition coefficient (Wildman–Crippen LogP) is 3.56. The van der Waals surface area contributed by atoms with Crippen molar-refractivity contribution in [2.24, 2.45) is 10.9 Å². The quantitative estimate of drug-likeness (QED) is 0.401. The lowest BCUT2D eigenvalue weighted by Gasteiger charge is -2.29. The van der Waals surface area contributed by atoms with Gasteiger partial charge in [-0.05, 0) is 31.4 Å². The Hall–Kier alpha value is -3.35. The Labute approximate surface area is 163 Å². The maximum atomic E-state index is 6.18. The van der Waals surface area contributed by atoms with Gasteiger partial charge in [0, 0.05) is 30.9 Å². The molecule has 28 heavy (non-hydrogen) atoms. The largest absolute Gasteiger partial charge is 0.386 e. The lowest BCUT2D eigenvalue weighted by molar-refractivity contribution is 0.109. The van der Waals surface area contributed by atoms with Gasteiger partial charge in [-0.3, -0.25) is 0 Å². The summed E-state index contributed by atoms with van der Waals surface area (Å²) in [6.07, 6.45) is 5.37. The molecule has 2 aromatic heterocycles. The van der Waals surface area contributed by atoms with E-state index >= 15 is 0 Å². The Kier molecular flexibility index (Phi) is 5.51. The highest BCUT2D eigenvalue weighted by atomic mass is 16.6. The third-order valence-corrected chi connectivity index (χ3v) is 4.72. The van der Waals surface area contributed by atoms with Crippen LogP contribution in [-0.2, 0) is 11.4 Å². The van der Waals surface area contributed by atoms with Crippen molar-refractivity contribution in [3.63, 3.8) is 0 Å². The maximum Gasteiger partial charge on any atom is 0.177 e. The van der Waals surface area contributed by atoms with Crippen molar-refractivity contribution in [1.82, 2.24) is 10.1 Å². The molecule has 0 saturated carbocycles. The first kappa shape index (κ1) is 18.0. The Morgan fingerprint density at radius 1 is 1.11 bits per heavy atom. The minimum absolute atomic E-state index is 0.153. The van der Waals surface area contributed by atoms with Gasteiger partial charge in [-0.25, -0.2) is 4.98 Å². The van der Waals surface area contributed by atoms with Crippen LogP contribution >= 0.6 is 0 Å². The van der Waals surface area contributed by atoms with Gasteiger partial charge < -0.3 is 20.0 Å². The molecule has 144 valence electrons. The first-order valence-corrected chi connectivity index (χ1v) is 9.48. The first-order valence-electron chi connectivity index (χ1n) is 9.48. The molecular weight excluding hydrogens is 354 g/mol. The lowest BCUT2D eigenvalue weighted by Crippen LogP contribution is -2.32. The molecule has 0 spiro atoms. The van der Waals surface area contributed by atoms with Crippen LogP contribution in [0.1, 0.15) is 30.6 Å². The minimum Gasteiger partial charge on any atom is -0.386 e. The fourth-order valence-electron chi connectivity index (χ4n) is 3.30. The normalized spacial score (nSPS) is 14.9. The van der Waals surface area contributed by atoms with Gasteiger partial charge in [0.25, 0.3) is 0 Å². The molecule has 1 aliphatic heterocycles. The Morgan fingerprint density at radius 2 is 1.93 bits per heavy atom. The van der Waals surface area contributed by atoms with E-state index in [1.165, 1.54) is 19.3 Å². The zero-order chi connectivity index (χ0) is 19.2. The van der Waals surface area contributed by atoms with E-state index in [1.807, 2.05) is 48.5 Å². The summed E-state index contributed by atoms with van der Waals surface area (Å²) in [6, 6.07) is 15.4. The summed E-state index contributed by atoms with van der Waals surface area (Å²) in [4.78, 5) is 12.2. The van der Waals surface area contributed by atoms with Crippen LogP contribution in [0.25, 0.3) is 11.3 Å². The SMILES string of the molecule is NC(=NOCc1cc(-c2ccccc2)no1)c1cccnc1N1CCCCC1. The highest BCUT2D eigenvalue weighted by Crippen LogP contribution is 2.22. The van der Waals surface area contributed by atoms with Crippen molar-refractivity contribution in [3.8, 4) is 11.3 Å².